The first-order valence-corrected chi connectivity index (χ1v) is 10.1. The number of nitrogens with one attached hydrogen (secondary N) is 2. The lowest BCUT2D eigenvalue weighted by molar-refractivity contribution is -0.141. The van der Waals surface area contributed by atoms with Crippen LogP contribution in [0.4, 0.5) is 24.9 Å². The molecule has 0 spiro atoms. The maximum absolute atomic E-state index is 13.4. The van der Waals surface area contributed by atoms with Crippen LogP contribution in [0, 0.1) is 0 Å². The third-order valence-corrected chi connectivity index (χ3v) is 5.18. The van der Waals surface area contributed by atoms with Crippen LogP contribution < -0.4 is 20.3 Å². The Morgan fingerprint density at radius 2 is 1.97 bits per heavy atom. The van der Waals surface area contributed by atoms with Crippen LogP contribution in [-0.2, 0) is 12.7 Å². The molecule has 6 nitrogen and oxygen atoms in total. The number of thiocarbonyl (C=S) groups is 1. The summed E-state index contributed by atoms with van der Waals surface area (Å²) in [5.74, 6) is 0.811. The first-order chi connectivity index (χ1) is 14.3. The summed E-state index contributed by atoms with van der Waals surface area (Å²) < 4.78 is 45.3. The molecule has 1 saturated heterocycles. The Morgan fingerprint density at radius 1 is 1.23 bits per heavy atom. The van der Waals surface area contributed by atoms with Crippen molar-refractivity contribution in [3.8, 4) is 5.75 Å². The second-order valence-electron chi connectivity index (χ2n) is 7.13. The predicted octanol–water partition coefficient (Wildman–Crippen LogP) is 4.37. The minimum atomic E-state index is -4.58. The van der Waals surface area contributed by atoms with Crippen LogP contribution in [0.5, 0.6) is 5.75 Å². The summed E-state index contributed by atoms with van der Waals surface area (Å²) in [6, 6.07) is 8.48. The first-order valence-electron chi connectivity index (χ1n) is 9.67. The zero-order valence-electron chi connectivity index (χ0n) is 16.8. The fourth-order valence-corrected chi connectivity index (χ4v) is 3.46. The predicted molar refractivity (Wildman–Crippen MR) is 114 cm³/mol. The number of piperidine rings is 1. The number of alkyl halides is 3. The Hall–Kier alpha value is -2.62. The average Bonchev–Trinajstić information content (AvgIpc) is 2.72. The second-order valence-corrected chi connectivity index (χ2v) is 7.53. The van der Waals surface area contributed by atoms with Crippen molar-refractivity contribution in [3.63, 3.8) is 0 Å². The molecular formula is C20H24F3N5OS. The van der Waals surface area contributed by atoms with E-state index in [9.17, 15) is 13.2 Å². The third-order valence-electron chi connectivity index (χ3n) is 4.94. The highest BCUT2D eigenvalue weighted by atomic mass is 32.1. The maximum Gasteiger partial charge on any atom is 0.433 e. The molecule has 2 heterocycles. The topological polar surface area (TPSA) is 62.3 Å². The number of ether oxygens (including phenoxy) is 1. The Morgan fingerprint density at radius 3 is 2.60 bits per heavy atom. The van der Waals surface area contributed by atoms with E-state index in [0.717, 1.165) is 36.6 Å². The molecule has 0 saturated carbocycles. The van der Waals surface area contributed by atoms with Gasteiger partial charge in [-0.3, -0.25) is 0 Å². The van der Waals surface area contributed by atoms with Gasteiger partial charge in [-0.2, -0.15) is 18.2 Å². The summed E-state index contributed by atoms with van der Waals surface area (Å²) in [5, 5.41) is 5.79. The lowest BCUT2D eigenvalue weighted by Crippen LogP contribution is -2.38. The summed E-state index contributed by atoms with van der Waals surface area (Å²) >= 11 is 5.22. The number of methoxy groups -OCH3 is 1. The minimum absolute atomic E-state index is 0.114. The van der Waals surface area contributed by atoms with E-state index in [4.69, 9.17) is 17.0 Å². The van der Waals surface area contributed by atoms with Crippen molar-refractivity contribution in [2.24, 2.45) is 0 Å². The third kappa shape index (κ3) is 5.71. The van der Waals surface area contributed by atoms with Gasteiger partial charge in [0.25, 0.3) is 0 Å². The van der Waals surface area contributed by atoms with Gasteiger partial charge >= 0.3 is 6.18 Å². The van der Waals surface area contributed by atoms with Crippen molar-refractivity contribution < 1.29 is 17.9 Å². The van der Waals surface area contributed by atoms with Crippen LogP contribution in [-0.4, -0.2) is 34.8 Å². The Labute approximate surface area is 178 Å². The monoisotopic (exact) mass is 439 g/mol. The van der Waals surface area contributed by atoms with Crippen molar-refractivity contribution in [2.45, 2.75) is 44.9 Å². The van der Waals surface area contributed by atoms with Gasteiger partial charge in [0.1, 0.15) is 11.6 Å². The molecule has 0 aliphatic carbocycles. The summed E-state index contributed by atoms with van der Waals surface area (Å²) in [7, 11) is 1.58. The van der Waals surface area contributed by atoms with Gasteiger partial charge in [0.15, 0.2) is 10.8 Å². The number of hydrogen-bond acceptors (Lipinski definition) is 5. The van der Waals surface area contributed by atoms with Gasteiger partial charge in [0.05, 0.1) is 7.11 Å². The summed E-state index contributed by atoms with van der Waals surface area (Å²) in [6.07, 6.45) is -1.69. The summed E-state index contributed by atoms with van der Waals surface area (Å²) in [4.78, 5) is 9.81. The number of aromatic nitrogens is 2. The molecule has 30 heavy (non-hydrogen) atoms. The van der Waals surface area contributed by atoms with E-state index in [2.05, 4.69) is 20.6 Å². The molecule has 0 radical (unpaired) electrons. The fraction of sp³-hybridized carbons (Fsp3) is 0.450. The number of hydrogen-bond donors (Lipinski definition) is 2. The van der Waals surface area contributed by atoms with Crippen molar-refractivity contribution in [1.29, 1.82) is 0 Å². The van der Waals surface area contributed by atoms with Crippen LogP contribution in [0.15, 0.2) is 30.3 Å². The van der Waals surface area contributed by atoms with E-state index in [0.29, 0.717) is 13.1 Å². The minimum Gasteiger partial charge on any atom is -0.497 e. The Kier molecular flexibility index (Phi) is 6.96. The highest BCUT2D eigenvalue weighted by Crippen LogP contribution is 2.32. The zero-order chi connectivity index (χ0) is 21.7. The quantitative estimate of drug-likeness (QED) is 0.671. The van der Waals surface area contributed by atoms with E-state index in [1.54, 1.807) is 7.11 Å². The molecule has 1 unspecified atom stereocenters. The molecule has 2 aromatic rings. The highest BCUT2D eigenvalue weighted by Gasteiger charge is 2.35. The molecule has 1 aliphatic heterocycles. The van der Waals surface area contributed by atoms with E-state index < -0.39 is 11.9 Å². The van der Waals surface area contributed by atoms with Crippen molar-refractivity contribution in [2.75, 3.05) is 23.9 Å². The van der Waals surface area contributed by atoms with E-state index in [-0.39, 0.29) is 22.9 Å². The van der Waals surface area contributed by atoms with Gasteiger partial charge in [-0.15, -0.1) is 0 Å². The van der Waals surface area contributed by atoms with Gasteiger partial charge in [-0.1, -0.05) is 12.1 Å². The fourth-order valence-electron chi connectivity index (χ4n) is 3.29. The molecule has 1 atom stereocenters. The molecule has 1 aromatic carbocycles. The van der Waals surface area contributed by atoms with E-state index in [1.807, 2.05) is 36.1 Å². The van der Waals surface area contributed by atoms with Gasteiger partial charge in [0.2, 0.25) is 5.95 Å². The molecule has 3 rings (SSSR count). The van der Waals surface area contributed by atoms with E-state index in [1.165, 1.54) is 0 Å². The molecule has 1 aromatic heterocycles. The van der Waals surface area contributed by atoms with Crippen molar-refractivity contribution >= 4 is 29.1 Å². The molecule has 0 bridgehead atoms. The molecule has 2 N–H and O–H groups in total. The molecular weight excluding hydrogens is 415 g/mol. The Bertz CT molecular complexity index is 876. The van der Waals surface area contributed by atoms with Crippen LogP contribution >= 0.6 is 12.2 Å². The number of benzene rings is 1. The number of halogens is 3. The van der Waals surface area contributed by atoms with Gasteiger partial charge in [-0.25, -0.2) is 4.98 Å². The number of nitrogens with zero attached hydrogens (tertiary/aromatic N) is 3. The number of anilines is 2. The normalized spacial score (nSPS) is 16.8. The lowest BCUT2D eigenvalue weighted by Gasteiger charge is -2.34. The van der Waals surface area contributed by atoms with Gasteiger partial charge in [-0.05, 0) is 56.1 Å². The first kappa shape index (κ1) is 22.1. The standard InChI is InChI=1S/C20H24F3N5OS/c1-13-5-3-4-10-28(13)17-11-16(20(21,22)23)25-18(26-17)27-19(30)24-12-14-6-8-15(29-2)9-7-14/h6-9,11,13H,3-5,10,12H2,1-2H3,(H2,24,25,26,27,30). The van der Waals surface area contributed by atoms with Crippen LogP contribution in [0.1, 0.15) is 37.4 Å². The van der Waals surface area contributed by atoms with Crippen LogP contribution in [0.25, 0.3) is 0 Å². The SMILES string of the molecule is COc1ccc(CNC(=S)Nc2nc(N3CCCCC3C)cc(C(F)(F)F)n2)cc1. The van der Waals surface area contributed by atoms with Crippen LogP contribution in [0.2, 0.25) is 0 Å². The molecule has 1 fully saturated rings. The molecule has 162 valence electrons. The van der Waals surface area contributed by atoms with Crippen LogP contribution in [0.3, 0.4) is 0 Å². The van der Waals surface area contributed by atoms with Crippen molar-refractivity contribution in [1.82, 2.24) is 15.3 Å². The maximum atomic E-state index is 13.4. The molecule has 1 aliphatic rings. The average molecular weight is 440 g/mol. The zero-order valence-corrected chi connectivity index (χ0v) is 17.6. The highest BCUT2D eigenvalue weighted by molar-refractivity contribution is 7.80. The number of rotatable bonds is 5. The van der Waals surface area contributed by atoms with E-state index >= 15 is 0 Å². The largest absolute Gasteiger partial charge is 0.497 e. The lowest BCUT2D eigenvalue weighted by atomic mass is 10.0. The summed E-state index contributed by atoms with van der Waals surface area (Å²) in [5.41, 5.74) is -0.0570. The smallest absolute Gasteiger partial charge is 0.433 e. The molecule has 0 amide bonds. The van der Waals surface area contributed by atoms with Crippen molar-refractivity contribution in [3.05, 3.63) is 41.6 Å². The summed E-state index contributed by atoms with van der Waals surface area (Å²) in [6.45, 7) is 3.04. The Balaban J connectivity index is 1.73. The second kappa shape index (κ2) is 9.46. The van der Waals surface area contributed by atoms with Gasteiger partial charge < -0.3 is 20.3 Å². The molecule has 10 heteroatoms. The van der Waals surface area contributed by atoms with Gasteiger partial charge in [0, 0.05) is 25.2 Å².